The Balaban J connectivity index is 1.38. The van der Waals surface area contributed by atoms with E-state index in [1.54, 1.807) is 13.3 Å². The minimum absolute atomic E-state index is 0.110. The van der Waals surface area contributed by atoms with Crippen molar-refractivity contribution in [3.8, 4) is 5.75 Å². The third-order valence-electron chi connectivity index (χ3n) is 7.14. The largest absolute Gasteiger partial charge is 0.497 e. The van der Waals surface area contributed by atoms with Crippen molar-refractivity contribution in [1.29, 1.82) is 0 Å². The molecule has 0 radical (unpaired) electrons. The van der Waals surface area contributed by atoms with E-state index < -0.39 is 5.60 Å². The molecule has 0 aliphatic heterocycles. The lowest BCUT2D eigenvalue weighted by Gasteiger charge is -2.36. The van der Waals surface area contributed by atoms with E-state index in [-0.39, 0.29) is 5.92 Å². The zero-order valence-corrected chi connectivity index (χ0v) is 21.3. The van der Waals surface area contributed by atoms with Crippen LogP contribution in [0.4, 0.5) is 0 Å². The van der Waals surface area contributed by atoms with E-state index >= 15 is 0 Å². The van der Waals surface area contributed by atoms with Gasteiger partial charge in [-0.05, 0) is 36.1 Å². The lowest BCUT2D eigenvalue weighted by Crippen LogP contribution is -2.41. The minimum atomic E-state index is -1.20. The van der Waals surface area contributed by atoms with E-state index in [1.807, 2.05) is 54.6 Å². The lowest BCUT2D eigenvalue weighted by molar-refractivity contribution is -0.905. The first kappa shape index (κ1) is 25.4. The summed E-state index contributed by atoms with van der Waals surface area (Å²) in [5, 5.41) is 12.0. The Hall–Kier alpha value is -2.67. The Morgan fingerprint density at radius 1 is 1.03 bits per heavy atom. The Kier molecular flexibility index (Phi) is 8.26. The molecule has 1 aliphatic carbocycles. The summed E-state index contributed by atoms with van der Waals surface area (Å²) in [6.07, 6.45) is 7.24. The predicted octanol–water partition coefficient (Wildman–Crippen LogP) is 5.29. The SMILES string of the molecule is COc1ccc(COCC[N+](C)(C)Cc2cnc([C@](O)(c3ccccc3)C3CCCCC3)o2)cc1. The molecule has 4 rings (SSSR count). The van der Waals surface area contributed by atoms with Gasteiger partial charge in [0.25, 0.3) is 0 Å². The summed E-state index contributed by atoms with van der Waals surface area (Å²) >= 11 is 0. The van der Waals surface area contributed by atoms with Crippen molar-refractivity contribution < 1.29 is 23.5 Å². The zero-order chi connectivity index (χ0) is 24.7. The van der Waals surface area contributed by atoms with Gasteiger partial charge in [0.05, 0.1) is 40.6 Å². The Morgan fingerprint density at radius 3 is 2.43 bits per heavy atom. The van der Waals surface area contributed by atoms with Crippen molar-refractivity contribution in [1.82, 2.24) is 4.98 Å². The summed E-state index contributed by atoms with van der Waals surface area (Å²) in [4.78, 5) is 4.61. The monoisotopic (exact) mass is 479 g/mol. The number of benzene rings is 2. The zero-order valence-electron chi connectivity index (χ0n) is 21.3. The number of hydrogen-bond donors (Lipinski definition) is 1. The predicted molar refractivity (Wildman–Crippen MR) is 136 cm³/mol. The van der Waals surface area contributed by atoms with Gasteiger partial charge >= 0.3 is 0 Å². The molecule has 1 aliphatic rings. The highest BCUT2D eigenvalue weighted by atomic mass is 16.5. The Bertz CT molecular complexity index is 1040. The topological polar surface area (TPSA) is 64.7 Å². The maximum atomic E-state index is 12.0. The fourth-order valence-electron chi connectivity index (χ4n) is 5.03. The fraction of sp³-hybridized carbons (Fsp3) is 0.483. The number of methoxy groups -OCH3 is 1. The first-order valence-electron chi connectivity index (χ1n) is 12.7. The molecular weight excluding hydrogens is 440 g/mol. The fourth-order valence-corrected chi connectivity index (χ4v) is 5.03. The summed E-state index contributed by atoms with van der Waals surface area (Å²) in [6, 6.07) is 17.8. The molecule has 6 heteroatoms. The summed E-state index contributed by atoms with van der Waals surface area (Å²) in [7, 11) is 5.98. The number of hydrogen-bond acceptors (Lipinski definition) is 5. The molecular formula is C29H39N2O4+. The molecule has 0 bridgehead atoms. The molecule has 1 fully saturated rings. The van der Waals surface area contributed by atoms with Crippen LogP contribution in [0.25, 0.3) is 0 Å². The first-order valence-corrected chi connectivity index (χ1v) is 12.7. The molecule has 2 aromatic carbocycles. The van der Waals surface area contributed by atoms with Crippen LogP contribution < -0.4 is 4.74 Å². The van der Waals surface area contributed by atoms with E-state index in [0.717, 1.165) is 54.9 Å². The highest BCUT2D eigenvalue weighted by Gasteiger charge is 2.44. The molecule has 0 saturated heterocycles. The van der Waals surface area contributed by atoms with Crippen molar-refractivity contribution in [2.75, 3.05) is 34.4 Å². The van der Waals surface area contributed by atoms with Crippen molar-refractivity contribution in [3.63, 3.8) is 0 Å². The van der Waals surface area contributed by atoms with E-state index in [4.69, 9.17) is 13.9 Å². The van der Waals surface area contributed by atoms with Crippen molar-refractivity contribution >= 4 is 0 Å². The van der Waals surface area contributed by atoms with Gasteiger partial charge in [-0.25, -0.2) is 4.98 Å². The molecule has 6 nitrogen and oxygen atoms in total. The number of likely N-dealkylation sites (N-methyl/N-ethyl adjacent to an activating group) is 1. The number of nitrogens with zero attached hydrogens (tertiary/aromatic N) is 2. The highest BCUT2D eigenvalue weighted by molar-refractivity contribution is 5.30. The van der Waals surface area contributed by atoms with Gasteiger partial charge in [0.15, 0.2) is 11.4 Å². The molecule has 1 saturated carbocycles. The van der Waals surface area contributed by atoms with Crippen molar-refractivity contribution in [3.05, 3.63) is 83.6 Å². The molecule has 1 aromatic heterocycles. The maximum absolute atomic E-state index is 12.0. The number of aromatic nitrogens is 1. The summed E-state index contributed by atoms with van der Waals surface area (Å²) < 4.78 is 18.1. The van der Waals surface area contributed by atoms with E-state index in [9.17, 15) is 5.11 Å². The normalized spacial score (nSPS) is 16.7. The molecule has 0 amide bonds. The molecule has 1 atom stereocenters. The van der Waals surface area contributed by atoms with Crippen LogP contribution in [0.2, 0.25) is 0 Å². The average Bonchev–Trinajstić information content (AvgIpc) is 3.35. The summed E-state index contributed by atoms with van der Waals surface area (Å²) in [5.41, 5.74) is 0.790. The molecule has 35 heavy (non-hydrogen) atoms. The summed E-state index contributed by atoms with van der Waals surface area (Å²) in [5.74, 6) is 2.16. The first-order chi connectivity index (χ1) is 16.9. The van der Waals surface area contributed by atoms with Crippen LogP contribution in [0, 0.1) is 5.92 Å². The van der Waals surface area contributed by atoms with Crippen molar-refractivity contribution in [2.24, 2.45) is 5.92 Å². The molecule has 0 spiro atoms. The Morgan fingerprint density at radius 2 is 1.74 bits per heavy atom. The summed E-state index contributed by atoms with van der Waals surface area (Å²) in [6.45, 7) is 2.71. The third kappa shape index (κ3) is 6.31. The maximum Gasteiger partial charge on any atom is 0.231 e. The highest BCUT2D eigenvalue weighted by Crippen LogP contribution is 2.43. The van der Waals surface area contributed by atoms with Crippen LogP contribution in [0.5, 0.6) is 5.75 Å². The lowest BCUT2D eigenvalue weighted by atomic mass is 9.73. The third-order valence-corrected chi connectivity index (χ3v) is 7.14. The van der Waals surface area contributed by atoms with Crippen LogP contribution in [0.15, 0.2) is 65.2 Å². The van der Waals surface area contributed by atoms with E-state index in [2.05, 4.69) is 19.1 Å². The number of aliphatic hydroxyl groups is 1. The van der Waals surface area contributed by atoms with Crippen LogP contribution >= 0.6 is 0 Å². The molecule has 188 valence electrons. The smallest absolute Gasteiger partial charge is 0.231 e. The van der Waals surface area contributed by atoms with Gasteiger partial charge in [-0.1, -0.05) is 61.7 Å². The van der Waals surface area contributed by atoms with Gasteiger partial charge in [-0.2, -0.15) is 0 Å². The Labute approximate surface area is 209 Å². The molecule has 1 heterocycles. The quantitative estimate of drug-likeness (QED) is 0.299. The van der Waals surface area contributed by atoms with Crippen LogP contribution in [-0.2, 0) is 23.5 Å². The average molecular weight is 480 g/mol. The number of ether oxygens (including phenoxy) is 2. The van der Waals surface area contributed by atoms with Gasteiger partial charge in [-0.3, -0.25) is 0 Å². The van der Waals surface area contributed by atoms with Crippen LogP contribution in [0.1, 0.15) is 54.9 Å². The van der Waals surface area contributed by atoms with Crippen LogP contribution in [-0.4, -0.2) is 48.9 Å². The minimum Gasteiger partial charge on any atom is -0.497 e. The molecule has 1 N–H and O–H groups in total. The number of oxazole rings is 1. The second-order valence-electron chi connectivity index (χ2n) is 10.3. The van der Waals surface area contributed by atoms with Gasteiger partial charge < -0.3 is 23.5 Å². The second kappa shape index (κ2) is 11.4. The van der Waals surface area contributed by atoms with Gasteiger partial charge in [0, 0.05) is 5.92 Å². The molecule has 3 aromatic rings. The van der Waals surface area contributed by atoms with Gasteiger partial charge in [-0.15, -0.1) is 0 Å². The van der Waals surface area contributed by atoms with Crippen LogP contribution in [0.3, 0.4) is 0 Å². The molecule has 0 unspecified atom stereocenters. The van der Waals surface area contributed by atoms with Crippen molar-refractivity contribution in [2.45, 2.75) is 50.9 Å². The van der Waals surface area contributed by atoms with Gasteiger partial charge in [0.1, 0.15) is 18.8 Å². The van der Waals surface area contributed by atoms with E-state index in [0.29, 0.717) is 30.1 Å². The standard InChI is InChI=1S/C29H39N2O4/c1-31(2,18-19-34-22-23-14-16-26(33-3)17-15-23)21-27-20-30-28(35-27)29(32,24-10-6-4-7-11-24)25-12-8-5-9-13-25/h4,6-7,10-11,14-17,20,25,32H,5,8-9,12-13,18-19,21-22H2,1-3H3/q+1/t29-/m0/s1. The van der Waals surface area contributed by atoms with Gasteiger partial charge in [0.2, 0.25) is 5.89 Å². The number of rotatable bonds is 11. The number of quaternary nitrogens is 1. The second-order valence-corrected chi connectivity index (χ2v) is 10.3. The van der Waals surface area contributed by atoms with E-state index in [1.165, 1.54) is 6.42 Å².